The van der Waals surface area contributed by atoms with Gasteiger partial charge in [0, 0.05) is 18.4 Å². The fourth-order valence-electron chi connectivity index (χ4n) is 0.992. The highest BCUT2D eigenvalue weighted by Crippen LogP contribution is 2.28. The van der Waals surface area contributed by atoms with Crippen LogP contribution in [0.4, 0.5) is 14.5 Å². The van der Waals surface area contributed by atoms with E-state index in [1.165, 1.54) is 31.4 Å². The van der Waals surface area contributed by atoms with E-state index in [2.05, 4.69) is 4.74 Å². The van der Waals surface area contributed by atoms with Crippen molar-refractivity contribution in [1.82, 2.24) is 0 Å². The standard InChI is InChI=1S/C9H11F2NO/c1-13-6-9(10,11)7-2-4-8(12)5-3-7/h2-5H,6,12H2,1H3. The van der Waals surface area contributed by atoms with E-state index in [4.69, 9.17) is 5.73 Å². The van der Waals surface area contributed by atoms with Crippen LogP contribution in [-0.2, 0) is 10.7 Å². The first-order valence-electron chi connectivity index (χ1n) is 3.79. The van der Waals surface area contributed by atoms with Gasteiger partial charge in [0.2, 0.25) is 0 Å². The first-order valence-corrected chi connectivity index (χ1v) is 3.79. The Hall–Kier alpha value is -1.16. The molecule has 1 aromatic rings. The van der Waals surface area contributed by atoms with Gasteiger partial charge in [-0.25, -0.2) is 0 Å². The second-order valence-corrected chi connectivity index (χ2v) is 2.76. The molecule has 2 nitrogen and oxygen atoms in total. The van der Waals surface area contributed by atoms with Crippen molar-refractivity contribution in [2.24, 2.45) is 0 Å². The van der Waals surface area contributed by atoms with Crippen LogP contribution in [0.3, 0.4) is 0 Å². The molecule has 0 saturated carbocycles. The lowest BCUT2D eigenvalue weighted by Gasteiger charge is -2.15. The molecule has 0 aromatic heterocycles. The summed E-state index contributed by atoms with van der Waals surface area (Å²) >= 11 is 0. The molecule has 72 valence electrons. The number of methoxy groups -OCH3 is 1. The summed E-state index contributed by atoms with van der Waals surface area (Å²) in [6.07, 6.45) is 0. The number of halogens is 2. The summed E-state index contributed by atoms with van der Waals surface area (Å²) in [4.78, 5) is 0. The van der Waals surface area contributed by atoms with Crippen molar-refractivity contribution in [3.63, 3.8) is 0 Å². The van der Waals surface area contributed by atoms with E-state index in [9.17, 15) is 8.78 Å². The van der Waals surface area contributed by atoms with E-state index in [1.54, 1.807) is 0 Å². The van der Waals surface area contributed by atoms with Crippen molar-refractivity contribution in [2.75, 3.05) is 19.5 Å². The smallest absolute Gasteiger partial charge is 0.296 e. The van der Waals surface area contributed by atoms with Crippen LogP contribution in [0.5, 0.6) is 0 Å². The highest BCUT2D eigenvalue weighted by atomic mass is 19.3. The molecule has 0 atom stereocenters. The van der Waals surface area contributed by atoms with Crippen molar-refractivity contribution in [3.8, 4) is 0 Å². The molecule has 1 aromatic carbocycles. The van der Waals surface area contributed by atoms with Crippen LogP contribution in [0.15, 0.2) is 24.3 Å². The molecule has 0 heterocycles. The zero-order valence-corrected chi connectivity index (χ0v) is 7.26. The van der Waals surface area contributed by atoms with Gasteiger partial charge < -0.3 is 10.5 Å². The van der Waals surface area contributed by atoms with Gasteiger partial charge in [0.1, 0.15) is 6.61 Å². The Morgan fingerprint density at radius 2 is 1.85 bits per heavy atom. The summed E-state index contributed by atoms with van der Waals surface area (Å²) in [5, 5.41) is 0. The van der Waals surface area contributed by atoms with Crippen LogP contribution in [0.1, 0.15) is 5.56 Å². The van der Waals surface area contributed by atoms with Gasteiger partial charge >= 0.3 is 0 Å². The molecule has 0 aliphatic carbocycles. The number of nitrogen functional groups attached to an aromatic ring is 1. The predicted octanol–water partition coefficient (Wildman–Crippen LogP) is 2.01. The summed E-state index contributed by atoms with van der Waals surface area (Å²) < 4.78 is 30.7. The number of benzene rings is 1. The molecule has 0 saturated heterocycles. The Labute approximate surface area is 75.3 Å². The number of hydrogen-bond donors (Lipinski definition) is 1. The number of rotatable bonds is 3. The van der Waals surface area contributed by atoms with Gasteiger partial charge in [0.15, 0.2) is 0 Å². The lowest BCUT2D eigenvalue weighted by Crippen LogP contribution is -2.19. The largest absolute Gasteiger partial charge is 0.399 e. The van der Waals surface area contributed by atoms with Crippen LogP contribution in [0, 0.1) is 0 Å². The molecule has 0 unspecified atom stereocenters. The Bertz CT molecular complexity index is 271. The predicted molar refractivity (Wildman–Crippen MR) is 46.6 cm³/mol. The van der Waals surface area contributed by atoms with E-state index in [0.29, 0.717) is 5.69 Å². The maximum atomic E-state index is 13.1. The summed E-state index contributed by atoms with van der Waals surface area (Å²) in [5.74, 6) is -2.94. The second-order valence-electron chi connectivity index (χ2n) is 2.76. The third-order valence-corrected chi connectivity index (χ3v) is 1.66. The fraction of sp³-hybridized carbons (Fsp3) is 0.333. The first kappa shape index (κ1) is 9.92. The Kier molecular flexibility index (Phi) is 2.83. The van der Waals surface area contributed by atoms with Crippen molar-refractivity contribution in [2.45, 2.75) is 5.92 Å². The molecule has 0 amide bonds. The quantitative estimate of drug-likeness (QED) is 0.734. The van der Waals surface area contributed by atoms with Crippen molar-refractivity contribution in [3.05, 3.63) is 29.8 Å². The van der Waals surface area contributed by atoms with Crippen molar-refractivity contribution < 1.29 is 13.5 Å². The van der Waals surface area contributed by atoms with Gasteiger partial charge in [-0.2, -0.15) is 8.78 Å². The maximum Gasteiger partial charge on any atom is 0.296 e. The Morgan fingerprint density at radius 1 is 1.31 bits per heavy atom. The fourth-order valence-corrected chi connectivity index (χ4v) is 0.992. The summed E-state index contributed by atoms with van der Waals surface area (Å²) in [6, 6.07) is 5.49. The normalized spacial score (nSPS) is 11.6. The van der Waals surface area contributed by atoms with E-state index in [1.807, 2.05) is 0 Å². The SMILES string of the molecule is COCC(F)(F)c1ccc(N)cc1. The molecule has 0 radical (unpaired) electrons. The zero-order valence-electron chi connectivity index (χ0n) is 7.26. The van der Waals surface area contributed by atoms with Crippen LogP contribution in [-0.4, -0.2) is 13.7 Å². The molecular formula is C9H11F2NO. The lowest BCUT2D eigenvalue weighted by atomic mass is 10.1. The Morgan fingerprint density at radius 3 is 2.31 bits per heavy atom. The van der Waals surface area contributed by atoms with E-state index in [0.717, 1.165) is 0 Å². The summed E-state index contributed by atoms with van der Waals surface area (Å²) in [5.41, 5.74) is 5.76. The highest BCUT2D eigenvalue weighted by molar-refractivity contribution is 5.40. The second kappa shape index (κ2) is 3.70. The van der Waals surface area contributed by atoms with Gasteiger partial charge in [0.25, 0.3) is 5.92 Å². The lowest BCUT2D eigenvalue weighted by molar-refractivity contribution is -0.0697. The first-order chi connectivity index (χ1) is 6.06. The van der Waals surface area contributed by atoms with Crippen LogP contribution in [0.25, 0.3) is 0 Å². The monoisotopic (exact) mass is 187 g/mol. The van der Waals surface area contributed by atoms with E-state index in [-0.39, 0.29) is 5.56 Å². The van der Waals surface area contributed by atoms with Crippen LogP contribution >= 0.6 is 0 Å². The molecule has 1 rings (SSSR count). The molecule has 4 heteroatoms. The number of ether oxygens (including phenoxy) is 1. The van der Waals surface area contributed by atoms with Gasteiger partial charge in [-0.05, 0) is 12.1 Å². The molecule has 0 spiro atoms. The van der Waals surface area contributed by atoms with Crippen LogP contribution in [0.2, 0.25) is 0 Å². The zero-order chi connectivity index (χ0) is 9.90. The average molecular weight is 187 g/mol. The van der Waals surface area contributed by atoms with Gasteiger partial charge in [-0.1, -0.05) is 12.1 Å². The molecule has 13 heavy (non-hydrogen) atoms. The number of anilines is 1. The van der Waals surface area contributed by atoms with Gasteiger partial charge in [-0.15, -0.1) is 0 Å². The topological polar surface area (TPSA) is 35.2 Å². The van der Waals surface area contributed by atoms with E-state index < -0.39 is 12.5 Å². The third-order valence-electron chi connectivity index (χ3n) is 1.66. The minimum Gasteiger partial charge on any atom is -0.399 e. The van der Waals surface area contributed by atoms with Gasteiger partial charge in [0.05, 0.1) is 0 Å². The molecule has 0 aliphatic rings. The van der Waals surface area contributed by atoms with Crippen molar-refractivity contribution in [1.29, 1.82) is 0 Å². The average Bonchev–Trinajstić information content (AvgIpc) is 2.05. The maximum absolute atomic E-state index is 13.1. The molecule has 0 aliphatic heterocycles. The van der Waals surface area contributed by atoms with E-state index >= 15 is 0 Å². The molecule has 0 fully saturated rings. The third kappa shape index (κ3) is 2.39. The minimum atomic E-state index is -2.94. The Balaban J connectivity index is 2.87. The van der Waals surface area contributed by atoms with Crippen LogP contribution < -0.4 is 5.73 Å². The van der Waals surface area contributed by atoms with Gasteiger partial charge in [-0.3, -0.25) is 0 Å². The highest BCUT2D eigenvalue weighted by Gasteiger charge is 2.30. The molecule has 0 bridgehead atoms. The molecular weight excluding hydrogens is 176 g/mol. The number of nitrogens with two attached hydrogens (primary N) is 1. The molecule has 2 N–H and O–H groups in total. The number of hydrogen-bond acceptors (Lipinski definition) is 2. The summed E-state index contributed by atoms with van der Waals surface area (Å²) in [6.45, 7) is -0.614. The summed E-state index contributed by atoms with van der Waals surface area (Å²) in [7, 11) is 1.24. The number of alkyl halides is 2. The van der Waals surface area contributed by atoms with Crippen molar-refractivity contribution >= 4 is 5.69 Å². The minimum absolute atomic E-state index is 0.0800.